The second-order valence-electron chi connectivity index (χ2n) is 8.66. The number of aromatic nitrogens is 1. The summed E-state index contributed by atoms with van der Waals surface area (Å²) in [7, 11) is 0. The number of hydrogen-bond acceptors (Lipinski definition) is 4. The van der Waals surface area contributed by atoms with Gasteiger partial charge in [-0.1, -0.05) is 16.8 Å². The first-order valence-corrected chi connectivity index (χ1v) is 10.2. The Morgan fingerprint density at radius 1 is 1.22 bits per heavy atom. The van der Waals surface area contributed by atoms with Crippen LogP contribution >= 0.6 is 0 Å². The third-order valence-electron chi connectivity index (χ3n) is 6.39. The fourth-order valence-corrected chi connectivity index (χ4v) is 4.66. The SMILES string of the molecule is CC(C)=CCN1CC2(CCN(C(=O)c3noc4c3CCCC4)CC2)CC1=O. The summed E-state index contributed by atoms with van der Waals surface area (Å²) in [5.41, 5.74) is 2.82. The predicted molar refractivity (Wildman–Crippen MR) is 101 cm³/mol. The molecule has 3 heterocycles. The lowest BCUT2D eigenvalue weighted by Gasteiger charge is -2.38. The highest BCUT2D eigenvalue weighted by Gasteiger charge is 2.45. The van der Waals surface area contributed by atoms with Crippen LogP contribution in [0.4, 0.5) is 0 Å². The van der Waals surface area contributed by atoms with E-state index >= 15 is 0 Å². The Morgan fingerprint density at radius 2 is 1.96 bits per heavy atom. The summed E-state index contributed by atoms with van der Waals surface area (Å²) in [6.45, 7) is 7.04. The molecule has 1 aromatic rings. The molecule has 0 aromatic carbocycles. The molecule has 0 N–H and O–H groups in total. The summed E-state index contributed by atoms with van der Waals surface area (Å²) < 4.78 is 5.41. The molecule has 4 rings (SSSR count). The molecule has 0 saturated carbocycles. The highest BCUT2D eigenvalue weighted by atomic mass is 16.5. The van der Waals surface area contributed by atoms with Crippen LogP contribution in [0, 0.1) is 5.41 Å². The zero-order valence-electron chi connectivity index (χ0n) is 16.4. The van der Waals surface area contributed by atoms with Gasteiger partial charge in [0.1, 0.15) is 5.76 Å². The largest absolute Gasteiger partial charge is 0.360 e. The van der Waals surface area contributed by atoms with Crippen LogP contribution in [0.5, 0.6) is 0 Å². The minimum Gasteiger partial charge on any atom is -0.360 e. The van der Waals surface area contributed by atoms with Gasteiger partial charge >= 0.3 is 0 Å². The van der Waals surface area contributed by atoms with Crippen LogP contribution in [-0.2, 0) is 17.6 Å². The third kappa shape index (κ3) is 3.54. The van der Waals surface area contributed by atoms with E-state index in [9.17, 15) is 9.59 Å². The summed E-state index contributed by atoms with van der Waals surface area (Å²) >= 11 is 0. The lowest BCUT2D eigenvalue weighted by molar-refractivity contribution is -0.127. The van der Waals surface area contributed by atoms with Crippen LogP contribution in [0.15, 0.2) is 16.2 Å². The minimum absolute atomic E-state index is 0.00229. The van der Waals surface area contributed by atoms with E-state index in [0.717, 1.165) is 56.4 Å². The molecule has 0 bridgehead atoms. The van der Waals surface area contributed by atoms with Gasteiger partial charge < -0.3 is 14.3 Å². The van der Waals surface area contributed by atoms with E-state index in [-0.39, 0.29) is 17.2 Å². The van der Waals surface area contributed by atoms with Crippen molar-refractivity contribution in [1.29, 1.82) is 0 Å². The summed E-state index contributed by atoms with van der Waals surface area (Å²) in [6, 6.07) is 0. The predicted octanol–water partition coefficient (Wildman–Crippen LogP) is 2.97. The number of hydrogen-bond donors (Lipinski definition) is 0. The van der Waals surface area contributed by atoms with Crippen LogP contribution < -0.4 is 0 Å². The average Bonchev–Trinajstić information content (AvgIpc) is 3.21. The Kier molecular flexibility index (Phi) is 4.82. The molecule has 0 radical (unpaired) electrons. The van der Waals surface area contributed by atoms with Crippen molar-refractivity contribution in [3.63, 3.8) is 0 Å². The molecule has 27 heavy (non-hydrogen) atoms. The summed E-state index contributed by atoms with van der Waals surface area (Å²) in [6.07, 6.45) is 8.49. The third-order valence-corrected chi connectivity index (χ3v) is 6.39. The highest BCUT2D eigenvalue weighted by Crippen LogP contribution is 2.41. The molecule has 6 heteroatoms. The molecule has 2 amide bonds. The minimum atomic E-state index is 0.00229. The maximum absolute atomic E-state index is 13.0. The molecule has 1 aromatic heterocycles. The average molecular weight is 371 g/mol. The van der Waals surface area contributed by atoms with Crippen LogP contribution in [0.1, 0.15) is 67.8 Å². The standard InChI is InChI=1S/C21H29N3O3/c1-15(2)7-10-24-14-21(13-18(24)25)8-11-23(12-9-21)20(26)19-16-5-3-4-6-17(16)27-22-19/h7H,3-6,8-14H2,1-2H3. The first-order valence-electron chi connectivity index (χ1n) is 10.2. The van der Waals surface area contributed by atoms with E-state index in [1.165, 1.54) is 5.57 Å². The molecule has 2 saturated heterocycles. The first kappa shape index (κ1) is 18.3. The van der Waals surface area contributed by atoms with Gasteiger partial charge in [0, 0.05) is 50.0 Å². The van der Waals surface area contributed by atoms with E-state index in [4.69, 9.17) is 4.52 Å². The number of carbonyl (C=O) groups is 2. The van der Waals surface area contributed by atoms with Crippen molar-refractivity contribution in [2.45, 2.75) is 58.8 Å². The quantitative estimate of drug-likeness (QED) is 0.766. The Labute approximate surface area is 160 Å². The van der Waals surface area contributed by atoms with Gasteiger partial charge in [-0.15, -0.1) is 0 Å². The molecule has 3 aliphatic rings. The van der Waals surface area contributed by atoms with Crippen molar-refractivity contribution in [3.8, 4) is 0 Å². The van der Waals surface area contributed by atoms with Crippen LogP contribution in [-0.4, -0.2) is 52.9 Å². The number of nitrogens with zero attached hydrogens (tertiary/aromatic N) is 3. The fraction of sp³-hybridized carbons (Fsp3) is 0.667. The fourth-order valence-electron chi connectivity index (χ4n) is 4.66. The smallest absolute Gasteiger partial charge is 0.276 e. The molecule has 2 aliphatic heterocycles. The zero-order chi connectivity index (χ0) is 19.0. The molecular weight excluding hydrogens is 342 g/mol. The molecule has 1 aliphatic carbocycles. The lowest BCUT2D eigenvalue weighted by atomic mass is 9.77. The van der Waals surface area contributed by atoms with Gasteiger partial charge in [-0.2, -0.15) is 0 Å². The highest BCUT2D eigenvalue weighted by molar-refractivity contribution is 5.94. The Morgan fingerprint density at radius 3 is 2.70 bits per heavy atom. The number of amides is 2. The number of fused-ring (bicyclic) bond motifs is 1. The first-order chi connectivity index (χ1) is 13.0. The number of allylic oxidation sites excluding steroid dienone is 1. The van der Waals surface area contributed by atoms with Crippen LogP contribution in [0.25, 0.3) is 0 Å². The van der Waals surface area contributed by atoms with Gasteiger partial charge in [0.15, 0.2) is 5.69 Å². The molecule has 146 valence electrons. The van der Waals surface area contributed by atoms with Crippen LogP contribution in [0.2, 0.25) is 0 Å². The Balaban J connectivity index is 1.39. The monoisotopic (exact) mass is 371 g/mol. The van der Waals surface area contributed by atoms with Gasteiger partial charge in [0.25, 0.3) is 5.91 Å². The summed E-state index contributed by atoms with van der Waals surface area (Å²) in [5.74, 6) is 1.15. The maximum atomic E-state index is 13.0. The number of likely N-dealkylation sites (tertiary alicyclic amines) is 2. The Hall–Kier alpha value is -2.11. The number of rotatable bonds is 3. The van der Waals surface area contributed by atoms with Gasteiger partial charge in [0.05, 0.1) is 0 Å². The number of piperidine rings is 1. The van der Waals surface area contributed by atoms with Crippen molar-refractivity contribution < 1.29 is 14.1 Å². The maximum Gasteiger partial charge on any atom is 0.276 e. The second kappa shape index (κ2) is 7.13. The van der Waals surface area contributed by atoms with Gasteiger partial charge in [-0.25, -0.2) is 0 Å². The molecule has 0 unspecified atom stereocenters. The molecular formula is C21H29N3O3. The van der Waals surface area contributed by atoms with Crippen molar-refractivity contribution >= 4 is 11.8 Å². The molecule has 1 spiro atoms. The zero-order valence-corrected chi connectivity index (χ0v) is 16.4. The molecule has 6 nitrogen and oxygen atoms in total. The van der Waals surface area contributed by atoms with Crippen molar-refractivity contribution in [2.75, 3.05) is 26.2 Å². The topological polar surface area (TPSA) is 66.7 Å². The summed E-state index contributed by atoms with van der Waals surface area (Å²) in [5, 5.41) is 4.09. The Bertz CT molecular complexity index is 768. The van der Waals surface area contributed by atoms with E-state index in [1.54, 1.807) is 0 Å². The number of carbonyl (C=O) groups excluding carboxylic acids is 2. The number of aryl methyl sites for hydroxylation is 1. The van der Waals surface area contributed by atoms with Crippen molar-refractivity contribution in [2.24, 2.45) is 5.41 Å². The van der Waals surface area contributed by atoms with Gasteiger partial charge in [-0.3, -0.25) is 9.59 Å². The molecule has 2 fully saturated rings. The lowest BCUT2D eigenvalue weighted by Crippen LogP contribution is -2.44. The van der Waals surface area contributed by atoms with E-state index in [1.807, 2.05) is 9.80 Å². The van der Waals surface area contributed by atoms with E-state index < -0.39 is 0 Å². The summed E-state index contributed by atoms with van der Waals surface area (Å²) in [4.78, 5) is 29.3. The van der Waals surface area contributed by atoms with Crippen molar-refractivity contribution in [3.05, 3.63) is 28.7 Å². The van der Waals surface area contributed by atoms with Crippen molar-refractivity contribution in [1.82, 2.24) is 15.0 Å². The van der Waals surface area contributed by atoms with E-state index in [0.29, 0.717) is 31.7 Å². The molecule has 0 atom stereocenters. The normalized spacial score (nSPS) is 21.5. The van der Waals surface area contributed by atoms with Crippen LogP contribution in [0.3, 0.4) is 0 Å². The van der Waals surface area contributed by atoms with Gasteiger partial charge in [-0.05, 0) is 46.0 Å². The van der Waals surface area contributed by atoms with Gasteiger partial charge in [0.2, 0.25) is 5.91 Å². The van der Waals surface area contributed by atoms with E-state index in [2.05, 4.69) is 25.1 Å². The second-order valence-corrected chi connectivity index (χ2v) is 8.66.